The first-order valence-corrected chi connectivity index (χ1v) is 10.8. The van der Waals surface area contributed by atoms with Crippen molar-refractivity contribution in [3.05, 3.63) is 76.6 Å². The maximum Gasteiger partial charge on any atom is 0.273 e. The molecule has 3 rings (SSSR count). The number of ether oxygens (including phenoxy) is 2. The van der Waals surface area contributed by atoms with Gasteiger partial charge in [-0.25, -0.2) is 9.97 Å². The van der Waals surface area contributed by atoms with Crippen LogP contribution in [0.2, 0.25) is 0 Å². The number of rotatable bonds is 7. The fraction of sp³-hybridized carbons (Fsp3) is 0.217. The number of thioether (sulfide) groups is 1. The number of carbonyl (C=O) groups excluding carboxylic acids is 2. The predicted molar refractivity (Wildman–Crippen MR) is 122 cm³/mol. The van der Waals surface area contributed by atoms with E-state index in [9.17, 15) is 9.59 Å². The number of methoxy groups -OCH3 is 2. The average molecular weight is 453 g/mol. The predicted octanol–water partition coefficient (Wildman–Crippen LogP) is 3.48. The average Bonchev–Trinajstić information content (AvgIpc) is 2.80. The number of amides is 2. The lowest BCUT2D eigenvalue weighted by molar-refractivity contribution is 0.0844. The third kappa shape index (κ3) is 5.76. The monoisotopic (exact) mass is 452 g/mol. The molecule has 0 spiro atoms. The fourth-order valence-corrected chi connectivity index (χ4v) is 3.88. The molecule has 2 amide bonds. The highest BCUT2D eigenvalue weighted by atomic mass is 32.2. The molecule has 1 aromatic heterocycles. The summed E-state index contributed by atoms with van der Waals surface area (Å²) >= 11 is 1.53. The van der Waals surface area contributed by atoms with E-state index in [4.69, 9.17) is 9.47 Å². The minimum atomic E-state index is -0.518. The smallest absolute Gasteiger partial charge is 0.273 e. The number of hydrazine groups is 1. The van der Waals surface area contributed by atoms with Gasteiger partial charge in [-0.2, -0.15) is 0 Å². The third-order valence-electron chi connectivity index (χ3n) is 4.48. The molecule has 0 aliphatic carbocycles. The summed E-state index contributed by atoms with van der Waals surface area (Å²) in [5.41, 5.74) is 8.37. The van der Waals surface area contributed by atoms with Gasteiger partial charge in [-0.15, -0.1) is 0 Å². The fourth-order valence-electron chi connectivity index (χ4n) is 2.98. The quantitative estimate of drug-likeness (QED) is 0.321. The second-order valence-corrected chi connectivity index (χ2v) is 7.81. The standard InChI is InChI=1S/C23H24N4O4S/c1-14-12-15(2)25-23(24-14)32-13-16-8-10-17(11-9-16)21(28)26-27-22(29)18-6-5-7-19(30-3)20(18)31-4/h5-12H,13H2,1-4H3,(H,26,28)(H,27,29). The molecule has 166 valence electrons. The molecular formula is C23H24N4O4S. The maximum atomic E-state index is 12.5. The van der Waals surface area contributed by atoms with Gasteiger partial charge in [0.2, 0.25) is 0 Å². The van der Waals surface area contributed by atoms with Gasteiger partial charge in [0.1, 0.15) is 0 Å². The highest BCUT2D eigenvalue weighted by Crippen LogP contribution is 2.30. The molecule has 0 aliphatic rings. The molecule has 0 saturated heterocycles. The molecular weight excluding hydrogens is 428 g/mol. The van der Waals surface area contributed by atoms with E-state index in [1.54, 1.807) is 30.3 Å². The summed E-state index contributed by atoms with van der Waals surface area (Å²) in [4.78, 5) is 33.7. The van der Waals surface area contributed by atoms with Crippen molar-refractivity contribution in [1.29, 1.82) is 0 Å². The van der Waals surface area contributed by atoms with Gasteiger partial charge in [-0.05, 0) is 49.7 Å². The van der Waals surface area contributed by atoms with E-state index in [-0.39, 0.29) is 11.3 Å². The lowest BCUT2D eigenvalue weighted by Crippen LogP contribution is -2.41. The molecule has 2 aromatic carbocycles. The van der Waals surface area contributed by atoms with Crippen molar-refractivity contribution < 1.29 is 19.1 Å². The first kappa shape index (κ1) is 23.1. The number of para-hydroxylation sites is 1. The Morgan fingerprint density at radius 1 is 0.906 bits per heavy atom. The highest BCUT2D eigenvalue weighted by molar-refractivity contribution is 7.98. The van der Waals surface area contributed by atoms with Gasteiger partial charge in [0.05, 0.1) is 19.8 Å². The number of aromatic nitrogens is 2. The Bertz CT molecular complexity index is 1100. The van der Waals surface area contributed by atoms with E-state index >= 15 is 0 Å². The zero-order chi connectivity index (χ0) is 23.1. The first-order valence-electron chi connectivity index (χ1n) is 9.77. The second-order valence-electron chi connectivity index (χ2n) is 6.87. The molecule has 3 aromatic rings. The van der Waals surface area contributed by atoms with Crippen molar-refractivity contribution in [2.24, 2.45) is 0 Å². The number of carbonyl (C=O) groups is 2. The molecule has 0 unspecified atom stereocenters. The first-order chi connectivity index (χ1) is 15.4. The van der Waals surface area contributed by atoms with Crippen molar-refractivity contribution in [3.8, 4) is 11.5 Å². The molecule has 0 radical (unpaired) electrons. The van der Waals surface area contributed by atoms with Crippen LogP contribution in [0.4, 0.5) is 0 Å². The van der Waals surface area contributed by atoms with E-state index < -0.39 is 11.8 Å². The maximum absolute atomic E-state index is 12.5. The van der Waals surface area contributed by atoms with Crippen molar-refractivity contribution in [2.45, 2.75) is 24.8 Å². The Kier molecular flexibility index (Phi) is 7.67. The summed E-state index contributed by atoms with van der Waals surface area (Å²) < 4.78 is 10.4. The summed E-state index contributed by atoms with van der Waals surface area (Å²) in [7, 11) is 2.93. The van der Waals surface area contributed by atoms with Gasteiger partial charge < -0.3 is 9.47 Å². The molecule has 0 bridgehead atoms. The number of hydrogen-bond donors (Lipinski definition) is 2. The largest absolute Gasteiger partial charge is 0.493 e. The van der Waals surface area contributed by atoms with Gasteiger partial charge in [0.15, 0.2) is 16.7 Å². The molecule has 32 heavy (non-hydrogen) atoms. The summed E-state index contributed by atoms with van der Waals surface area (Å²) in [5, 5.41) is 0.722. The van der Waals surface area contributed by atoms with Crippen LogP contribution in [0.5, 0.6) is 11.5 Å². The van der Waals surface area contributed by atoms with E-state index in [1.165, 1.54) is 26.0 Å². The van der Waals surface area contributed by atoms with E-state index in [1.807, 2.05) is 32.0 Å². The summed E-state index contributed by atoms with van der Waals surface area (Å²) in [5.74, 6) is 0.437. The van der Waals surface area contributed by atoms with E-state index in [0.29, 0.717) is 17.1 Å². The minimum Gasteiger partial charge on any atom is -0.493 e. The normalized spacial score (nSPS) is 10.4. The van der Waals surface area contributed by atoms with Crippen LogP contribution < -0.4 is 20.3 Å². The van der Waals surface area contributed by atoms with Crippen molar-refractivity contribution in [1.82, 2.24) is 20.8 Å². The molecule has 2 N–H and O–H groups in total. The zero-order valence-electron chi connectivity index (χ0n) is 18.3. The molecule has 8 nitrogen and oxygen atoms in total. The zero-order valence-corrected chi connectivity index (χ0v) is 19.1. The molecule has 9 heteroatoms. The summed E-state index contributed by atoms with van der Waals surface area (Å²) in [6.07, 6.45) is 0. The van der Waals surface area contributed by atoms with Crippen LogP contribution in [-0.4, -0.2) is 36.0 Å². The SMILES string of the molecule is COc1cccc(C(=O)NNC(=O)c2ccc(CSc3nc(C)cc(C)n3)cc2)c1OC. The van der Waals surface area contributed by atoms with Gasteiger partial charge >= 0.3 is 0 Å². The van der Waals surface area contributed by atoms with Crippen LogP contribution in [-0.2, 0) is 5.75 Å². The number of aryl methyl sites for hydroxylation is 2. The van der Waals surface area contributed by atoms with Crippen molar-refractivity contribution in [3.63, 3.8) is 0 Å². The van der Waals surface area contributed by atoms with Crippen LogP contribution in [0.25, 0.3) is 0 Å². The molecule has 0 atom stereocenters. The number of nitrogens with zero attached hydrogens (tertiary/aromatic N) is 2. The number of benzene rings is 2. The highest BCUT2D eigenvalue weighted by Gasteiger charge is 2.17. The Morgan fingerprint density at radius 3 is 2.19 bits per heavy atom. The topological polar surface area (TPSA) is 102 Å². The second kappa shape index (κ2) is 10.6. The van der Waals surface area contributed by atoms with Crippen LogP contribution in [0.3, 0.4) is 0 Å². The van der Waals surface area contributed by atoms with E-state index in [0.717, 1.165) is 22.1 Å². The van der Waals surface area contributed by atoms with Crippen molar-refractivity contribution in [2.75, 3.05) is 14.2 Å². The Morgan fingerprint density at radius 2 is 1.56 bits per heavy atom. The summed E-state index contributed by atoms with van der Waals surface area (Å²) in [6.45, 7) is 3.88. The minimum absolute atomic E-state index is 0.244. The van der Waals surface area contributed by atoms with Gasteiger partial charge in [0, 0.05) is 22.7 Å². The molecule has 0 saturated carbocycles. The van der Waals surface area contributed by atoms with Crippen LogP contribution in [0.1, 0.15) is 37.7 Å². The van der Waals surface area contributed by atoms with Crippen molar-refractivity contribution >= 4 is 23.6 Å². The molecule has 1 heterocycles. The van der Waals surface area contributed by atoms with Crippen LogP contribution in [0, 0.1) is 13.8 Å². The van der Waals surface area contributed by atoms with Gasteiger partial charge in [-0.1, -0.05) is 30.0 Å². The summed E-state index contributed by atoms with van der Waals surface area (Å²) in [6, 6.07) is 14.0. The van der Waals surface area contributed by atoms with Gasteiger partial charge in [-0.3, -0.25) is 20.4 Å². The molecule has 0 fully saturated rings. The van der Waals surface area contributed by atoms with Crippen LogP contribution in [0.15, 0.2) is 53.7 Å². The Balaban J connectivity index is 1.57. The lowest BCUT2D eigenvalue weighted by Gasteiger charge is -2.13. The Hall–Kier alpha value is -3.59. The van der Waals surface area contributed by atoms with E-state index in [2.05, 4.69) is 20.8 Å². The lowest BCUT2D eigenvalue weighted by atomic mass is 10.1. The number of nitrogens with one attached hydrogen (secondary N) is 2. The van der Waals surface area contributed by atoms with Gasteiger partial charge in [0.25, 0.3) is 11.8 Å². The number of hydrogen-bond acceptors (Lipinski definition) is 7. The third-order valence-corrected chi connectivity index (χ3v) is 5.40. The Labute approximate surface area is 190 Å². The molecule has 0 aliphatic heterocycles. The van der Waals surface area contributed by atoms with Crippen LogP contribution >= 0.6 is 11.8 Å².